The van der Waals surface area contributed by atoms with Gasteiger partial charge in [-0.2, -0.15) is 0 Å². The van der Waals surface area contributed by atoms with Crippen molar-refractivity contribution in [2.45, 2.75) is 6.54 Å². The maximum absolute atomic E-state index is 11.0. The predicted molar refractivity (Wildman–Crippen MR) is 67.5 cm³/mol. The molecule has 0 spiro atoms. The number of carboxylic acid groups (broad SMARTS) is 1. The van der Waals surface area contributed by atoms with Crippen molar-refractivity contribution in [1.82, 2.24) is 4.57 Å². The molecule has 2 aromatic heterocycles. The first kappa shape index (κ1) is 11.7. The van der Waals surface area contributed by atoms with Crippen LogP contribution in [0.1, 0.15) is 15.4 Å². The highest BCUT2D eigenvalue weighted by atomic mass is 79.9. The Balaban J connectivity index is 2.34. The molecule has 0 aromatic carbocycles. The van der Waals surface area contributed by atoms with Crippen molar-refractivity contribution >= 4 is 44.8 Å². The topological polar surface area (TPSA) is 42.2 Å². The highest BCUT2D eigenvalue weighted by molar-refractivity contribution is 9.10. The Bertz CT molecular complexity index is 535. The number of carboxylic acids is 1. The quantitative estimate of drug-likeness (QED) is 0.936. The fourth-order valence-corrected chi connectivity index (χ4v) is 3.07. The molecule has 0 bridgehead atoms. The third-order valence-corrected chi connectivity index (χ3v) is 4.21. The number of hydrogen-bond donors (Lipinski definition) is 1. The van der Waals surface area contributed by atoms with Crippen molar-refractivity contribution < 1.29 is 9.90 Å². The molecule has 0 saturated heterocycles. The largest absolute Gasteiger partial charge is 0.477 e. The number of halogens is 2. The number of carbonyl (C=O) groups is 1. The zero-order valence-corrected chi connectivity index (χ0v) is 11.1. The van der Waals surface area contributed by atoms with Gasteiger partial charge in [0.2, 0.25) is 0 Å². The van der Waals surface area contributed by atoms with Crippen LogP contribution in [0.2, 0.25) is 5.02 Å². The Morgan fingerprint density at radius 1 is 1.62 bits per heavy atom. The number of thiophene rings is 1. The van der Waals surface area contributed by atoms with E-state index >= 15 is 0 Å². The van der Waals surface area contributed by atoms with Gasteiger partial charge >= 0.3 is 5.97 Å². The van der Waals surface area contributed by atoms with Gasteiger partial charge in [0.05, 0.1) is 11.6 Å². The minimum atomic E-state index is -0.973. The molecule has 2 heterocycles. The lowest BCUT2D eigenvalue weighted by molar-refractivity contribution is 0.0686. The van der Waals surface area contributed by atoms with Crippen LogP contribution in [0.4, 0.5) is 0 Å². The normalized spacial score (nSPS) is 10.6. The summed E-state index contributed by atoms with van der Waals surface area (Å²) >= 11 is 10.8. The van der Waals surface area contributed by atoms with Crippen LogP contribution < -0.4 is 0 Å². The summed E-state index contributed by atoms with van der Waals surface area (Å²) < 4.78 is 2.61. The second kappa shape index (κ2) is 4.61. The van der Waals surface area contributed by atoms with Crippen molar-refractivity contribution in [1.29, 1.82) is 0 Å². The van der Waals surface area contributed by atoms with E-state index in [-0.39, 0.29) is 5.69 Å². The Morgan fingerprint density at radius 2 is 2.38 bits per heavy atom. The monoisotopic (exact) mass is 319 g/mol. The van der Waals surface area contributed by atoms with E-state index in [2.05, 4.69) is 15.9 Å². The lowest BCUT2D eigenvalue weighted by Gasteiger charge is -2.04. The van der Waals surface area contributed by atoms with Crippen LogP contribution in [0, 0.1) is 0 Å². The van der Waals surface area contributed by atoms with E-state index < -0.39 is 5.97 Å². The van der Waals surface area contributed by atoms with Gasteiger partial charge in [0.1, 0.15) is 5.69 Å². The molecule has 16 heavy (non-hydrogen) atoms. The summed E-state index contributed by atoms with van der Waals surface area (Å²) in [5, 5.41) is 11.4. The average Bonchev–Trinajstić information content (AvgIpc) is 2.75. The van der Waals surface area contributed by atoms with E-state index in [1.54, 1.807) is 22.1 Å². The number of hydrogen-bond acceptors (Lipinski definition) is 2. The Morgan fingerprint density at radius 3 is 2.94 bits per heavy atom. The molecule has 0 aliphatic heterocycles. The zero-order chi connectivity index (χ0) is 11.7. The lowest BCUT2D eigenvalue weighted by atomic mass is 10.4. The van der Waals surface area contributed by atoms with Crippen LogP contribution >= 0.6 is 38.9 Å². The third kappa shape index (κ3) is 2.31. The van der Waals surface area contributed by atoms with Crippen molar-refractivity contribution in [2.75, 3.05) is 0 Å². The average molecular weight is 321 g/mol. The summed E-state index contributed by atoms with van der Waals surface area (Å²) in [6.45, 7) is 0.507. The van der Waals surface area contributed by atoms with Gasteiger partial charge in [0, 0.05) is 15.5 Å². The maximum atomic E-state index is 11.0. The molecule has 1 N–H and O–H groups in total. The summed E-state index contributed by atoms with van der Waals surface area (Å²) in [5.74, 6) is -0.973. The minimum absolute atomic E-state index is 0.199. The van der Waals surface area contributed by atoms with Gasteiger partial charge in [-0.3, -0.25) is 0 Å². The van der Waals surface area contributed by atoms with Crippen molar-refractivity contribution in [3.63, 3.8) is 0 Å². The summed E-state index contributed by atoms with van der Waals surface area (Å²) in [7, 11) is 0. The maximum Gasteiger partial charge on any atom is 0.352 e. The number of aromatic carboxylic acids is 1. The molecule has 0 aliphatic carbocycles. The van der Waals surface area contributed by atoms with E-state index in [0.717, 1.165) is 9.35 Å². The Hall–Kier alpha value is -0.780. The second-order valence-electron chi connectivity index (χ2n) is 3.17. The van der Waals surface area contributed by atoms with Gasteiger partial charge in [0.25, 0.3) is 0 Å². The molecule has 0 radical (unpaired) electrons. The molecule has 0 saturated carbocycles. The third-order valence-electron chi connectivity index (χ3n) is 2.09. The fourth-order valence-electron chi connectivity index (χ4n) is 1.38. The molecule has 0 amide bonds. The van der Waals surface area contributed by atoms with Gasteiger partial charge < -0.3 is 9.67 Å². The van der Waals surface area contributed by atoms with Crippen molar-refractivity contribution in [3.8, 4) is 0 Å². The molecule has 0 atom stereocenters. The number of nitrogens with zero attached hydrogens (tertiary/aromatic N) is 1. The van der Waals surface area contributed by atoms with Crippen molar-refractivity contribution in [3.05, 3.63) is 43.8 Å². The standard InChI is InChI=1S/C10H7BrClNO2S/c11-7-1-2-16-9(7)5-13-4-6(12)3-8(13)10(14)15/h1-4H,5H2,(H,14,15). The number of rotatable bonds is 3. The van der Waals surface area contributed by atoms with Gasteiger partial charge in [-0.25, -0.2) is 4.79 Å². The van der Waals surface area contributed by atoms with Gasteiger partial charge in [-0.1, -0.05) is 11.6 Å². The summed E-state index contributed by atoms with van der Waals surface area (Å²) in [6, 6.07) is 3.39. The van der Waals surface area contributed by atoms with E-state index in [1.807, 2.05) is 11.4 Å². The Kier molecular flexibility index (Phi) is 3.37. The van der Waals surface area contributed by atoms with E-state index in [4.69, 9.17) is 16.7 Å². The Labute approximate surface area is 109 Å². The molecule has 2 rings (SSSR count). The van der Waals surface area contributed by atoms with Gasteiger partial charge in [0.15, 0.2) is 0 Å². The van der Waals surface area contributed by atoms with Crippen LogP contribution in [0.5, 0.6) is 0 Å². The van der Waals surface area contributed by atoms with Gasteiger partial charge in [-0.15, -0.1) is 11.3 Å². The molecule has 0 unspecified atom stereocenters. The lowest BCUT2D eigenvalue weighted by Crippen LogP contribution is -2.07. The van der Waals surface area contributed by atoms with Crippen LogP contribution in [0.15, 0.2) is 28.2 Å². The SMILES string of the molecule is O=C(O)c1cc(Cl)cn1Cc1sccc1Br. The molecular weight excluding hydrogens is 314 g/mol. The highest BCUT2D eigenvalue weighted by Crippen LogP contribution is 2.25. The van der Waals surface area contributed by atoms with E-state index in [1.165, 1.54) is 6.07 Å². The fraction of sp³-hybridized carbons (Fsp3) is 0.100. The van der Waals surface area contributed by atoms with E-state index in [9.17, 15) is 4.79 Å². The summed E-state index contributed by atoms with van der Waals surface area (Å²) in [6.07, 6.45) is 1.62. The molecule has 6 heteroatoms. The van der Waals surface area contributed by atoms with E-state index in [0.29, 0.717) is 11.6 Å². The molecule has 84 valence electrons. The van der Waals surface area contributed by atoms with Crippen LogP contribution in [-0.4, -0.2) is 15.6 Å². The minimum Gasteiger partial charge on any atom is -0.477 e. The highest BCUT2D eigenvalue weighted by Gasteiger charge is 2.13. The molecule has 2 aromatic rings. The summed E-state index contributed by atoms with van der Waals surface area (Å²) in [5.41, 5.74) is 0.199. The zero-order valence-electron chi connectivity index (χ0n) is 7.98. The smallest absolute Gasteiger partial charge is 0.352 e. The second-order valence-corrected chi connectivity index (χ2v) is 5.46. The first-order valence-electron chi connectivity index (χ1n) is 4.39. The van der Waals surface area contributed by atoms with Crippen LogP contribution in [0.25, 0.3) is 0 Å². The summed E-state index contributed by atoms with van der Waals surface area (Å²) in [4.78, 5) is 12.0. The first-order chi connectivity index (χ1) is 7.58. The van der Waals surface area contributed by atoms with Crippen molar-refractivity contribution in [2.24, 2.45) is 0 Å². The number of aromatic nitrogens is 1. The molecule has 0 aliphatic rings. The molecular formula is C10H7BrClNO2S. The first-order valence-corrected chi connectivity index (χ1v) is 6.44. The van der Waals surface area contributed by atoms with Crippen LogP contribution in [0.3, 0.4) is 0 Å². The van der Waals surface area contributed by atoms with Gasteiger partial charge in [-0.05, 0) is 33.4 Å². The predicted octanol–water partition coefficient (Wildman–Crippen LogP) is 3.71. The van der Waals surface area contributed by atoms with Crippen LogP contribution in [-0.2, 0) is 6.54 Å². The molecule has 0 fully saturated rings. The molecule has 3 nitrogen and oxygen atoms in total.